The molecule has 1 aromatic rings. The van der Waals surface area contributed by atoms with Gasteiger partial charge in [0.25, 0.3) is 0 Å². The highest BCUT2D eigenvalue weighted by atomic mass is 32.2. The highest BCUT2D eigenvalue weighted by molar-refractivity contribution is 8.23. The van der Waals surface area contributed by atoms with Crippen molar-refractivity contribution in [3.8, 4) is 0 Å². The molecule has 126 valence electrons. The number of thioether (sulfide) groups is 1. The zero-order valence-electron chi connectivity index (χ0n) is 13.8. The second kappa shape index (κ2) is 9.52. The summed E-state index contributed by atoms with van der Waals surface area (Å²) in [7, 11) is 1.32. The van der Waals surface area contributed by atoms with Crippen LogP contribution in [-0.4, -0.2) is 47.0 Å². The Hall–Kier alpha value is -1.60. The van der Waals surface area contributed by atoms with Gasteiger partial charge in [-0.15, -0.1) is 0 Å². The van der Waals surface area contributed by atoms with Gasteiger partial charge < -0.3 is 15.0 Å². The lowest BCUT2D eigenvalue weighted by Gasteiger charge is -2.20. The summed E-state index contributed by atoms with van der Waals surface area (Å²) < 4.78 is 5.40. The molecule has 0 heterocycles. The number of aryl methyl sites for hydroxylation is 1. The molecule has 0 aromatic heterocycles. The van der Waals surface area contributed by atoms with E-state index in [0.717, 1.165) is 18.7 Å². The van der Waals surface area contributed by atoms with Crippen LogP contribution in [0, 0.1) is 6.92 Å². The molecule has 1 N–H and O–H groups in total. The summed E-state index contributed by atoms with van der Waals surface area (Å²) in [6.07, 6.45) is 0. The van der Waals surface area contributed by atoms with E-state index in [9.17, 15) is 9.59 Å². The minimum Gasteiger partial charge on any atom is -0.465 e. The van der Waals surface area contributed by atoms with Gasteiger partial charge in [-0.3, -0.25) is 4.79 Å². The monoisotopic (exact) mass is 354 g/mol. The Morgan fingerprint density at radius 2 is 1.96 bits per heavy atom. The lowest BCUT2D eigenvalue weighted by molar-refractivity contribution is -0.113. The van der Waals surface area contributed by atoms with Crippen molar-refractivity contribution in [2.24, 2.45) is 0 Å². The summed E-state index contributed by atoms with van der Waals surface area (Å²) in [5.41, 5.74) is 1.88. The Labute approximate surface area is 146 Å². The number of hydrogen-bond donors (Lipinski definition) is 1. The average molecular weight is 354 g/mol. The number of nitrogens with one attached hydrogen (secondary N) is 1. The van der Waals surface area contributed by atoms with E-state index < -0.39 is 5.97 Å². The van der Waals surface area contributed by atoms with Crippen LogP contribution < -0.4 is 5.32 Å². The predicted molar refractivity (Wildman–Crippen MR) is 99.1 cm³/mol. The third kappa shape index (κ3) is 5.84. The predicted octanol–water partition coefficient (Wildman–Crippen LogP) is 3.08. The molecular weight excluding hydrogens is 332 g/mol. The molecule has 0 aliphatic heterocycles. The van der Waals surface area contributed by atoms with Crippen molar-refractivity contribution >= 4 is 45.9 Å². The second-order valence-electron chi connectivity index (χ2n) is 4.80. The van der Waals surface area contributed by atoms with Crippen LogP contribution in [0.25, 0.3) is 0 Å². The van der Waals surface area contributed by atoms with Crippen LogP contribution in [-0.2, 0) is 9.53 Å². The van der Waals surface area contributed by atoms with Crippen molar-refractivity contribution in [1.82, 2.24) is 4.90 Å². The fraction of sp³-hybridized carbons (Fsp3) is 0.438. The standard InChI is InChI=1S/C16H22N2O3S2/c1-5-18(6-2)16(22)23-10-14(19)17-13-9-12(15(20)21-4)8-7-11(13)3/h7-9H,5-6,10H2,1-4H3,(H,17,19). The first kappa shape index (κ1) is 19.4. The normalized spacial score (nSPS) is 10.1. The maximum absolute atomic E-state index is 12.1. The summed E-state index contributed by atoms with van der Waals surface area (Å²) in [5, 5.41) is 2.81. The maximum Gasteiger partial charge on any atom is 0.337 e. The molecule has 0 aliphatic rings. The largest absolute Gasteiger partial charge is 0.465 e. The number of rotatable bonds is 6. The number of methoxy groups -OCH3 is 1. The molecule has 5 nitrogen and oxygen atoms in total. The van der Waals surface area contributed by atoms with Crippen molar-refractivity contribution in [2.45, 2.75) is 20.8 Å². The minimum absolute atomic E-state index is 0.158. The summed E-state index contributed by atoms with van der Waals surface area (Å²) in [5.74, 6) is -0.357. The molecule has 0 saturated carbocycles. The van der Waals surface area contributed by atoms with Gasteiger partial charge in [0.1, 0.15) is 4.32 Å². The number of carbonyl (C=O) groups excluding carboxylic acids is 2. The third-order valence-corrected chi connectivity index (χ3v) is 4.80. The van der Waals surface area contributed by atoms with Crippen molar-refractivity contribution in [1.29, 1.82) is 0 Å². The molecule has 0 aliphatic carbocycles. The van der Waals surface area contributed by atoms with Crippen LogP contribution in [0.2, 0.25) is 0 Å². The molecule has 0 bridgehead atoms. The molecule has 0 spiro atoms. The topological polar surface area (TPSA) is 58.6 Å². The molecule has 1 amide bonds. The van der Waals surface area contributed by atoms with E-state index in [1.54, 1.807) is 18.2 Å². The molecule has 7 heteroatoms. The number of benzene rings is 1. The number of anilines is 1. The summed E-state index contributed by atoms with van der Waals surface area (Å²) in [6.45, 7) is 7.56. The van der Waals surface area contributed by atoms with E-state index in [1.165, 1.54) is 18.9 Å². The molecule has 0 fully saturated rings. The first-order chi connectivity index (χ1) is 10.9. The molecule has 0 unspecified atom stereocenters. The number of ether oxygens (including phenoxy) is 1. The second-order valence-corrected chi connectivity index (χ2v) is 6.41. The number of amides is 1. The van der Waals surface area contributed by atoms with Gasteiger partial charge in [-0.1, -0.05) is 30.0 Å². The zero-order valence-corrected chi connectivity index (χ0v) is 15.5. The van der Waals surface area contributed by atoms with Gasteiger partial charge in [0.15, 0.2) is 0 Å². The van der Waals surface area contributed by atoms with Crippen molar-refractivity contribution < 1.29 is 14.3 Å². The van der Waals surface area contributed by atoms with Gasteiger partial charge in [-0.25, -0.2) is 4.79 Å². The number of carbonyl (C=O) groups is 2. The number of hydrogen-bond acceptors (Lipinski definition) is 5. The molecule has 0 radical (unpaired) electrons. The molecule has 23 heavy (non-hydrogen) atoms. The van der Waals surface area contributed by atoms with Gasteiger partial charge in [-0.05, 0) is 38.5 Å². The van der Waals surface area contributed by atoms with E-state index in [1.807, 2.05) is 25.7 Å². The van der Waals surface area contributed by atoms with Crippen LogP contribution in [0.4, 0.5) is 5.69 Å². The smallest absolute Gasteiger partial charge is 0.337 e. The average Bonchev–Trinajstić information content (AvgIpc) is 2.55. The SMILES string of the molecule is CCN(CC)C(=S)SCC(=O)Nc1cc(C(=O)OC)ccc1C. The first-order valence-corrected chi connectivity index (χ1v) is 8.72. The van der Waals surface area contributed by atoms with Crippen LogP contribution in [0.15, 0.2) is 18.2 Å². The molecular formula is C16H22N2O3S2. The molecule has 1 rings (SSSR count). The van der Waals surface area contributed by atoms with E-state index >= 15 is 0 Å². The lowest BCUT2D eigenvalue weighted by Crippen LogP contribution is -2.28. The van der Waals surface area contributed by atoms with Gasteiger partial charge >= 0.3 is 5.97 Å². The quantitative estimate of drug-likeness (QED) is 0.626. The number of esters is 1. The van der Waals surface area contributed by atoms with Gasteiger partial charge in [0, 0.05) is 18.8 Å². The van der Waals surface area contributed by atoms with Crippen LogP contribution in [0.5, 0.6) is 0 Å². The van der Waals surface area contributed by atoms with Gasteiger partial charge in [0.05, 0.1) is 18.4 Å². The Bertz CT molecular complexity index is 587. The Balaban J connectivity index is 2.67. The Morgan fingerprint density at radius 1 is 1.30 bits per heavy atom. The van der Waals surface area contributed by atoms with Crippen molar-refractivity contribution in [2.75, 3.05) is 31.3 Å². The van der Waals surface area contributed by atoms with E-state index in [-0.39, 0.29) is 11.7 Å². The Morgan fingerprint density at radius 3 is 2.52 bits per heavy atom. The van der Waals surface area contributed by atoms with Gasteiger partial charge in [-0.2, -0.15) is 0 Å². The summed E-state index contributed by atoms with van der Waals surface area (Å²) in [6, 6.07) is 5.06. The maximum atomic E-state index is 12.1. The molecule has 0 atom stereocenters. The van der Waals surface area contributed by atoms with Crippen LogP contribution >= 0.6 is 24.0 Å². The van der Waals surface area contributed by atoms with E-state index in [0.29, 0.717) is 15.6 Å². The molecule has 0 saturated heterocycles. The van der Waals surface area contributed by atoms with Crippen LogP contribution in [0.1, 0.15) is 29.8 Å². The number of thiocarbonyl (C=S) groups is 1. The van der Waals surface area contributed by atoms with Crippen molar-refractivity contribution in [3.63, 3.8) is 0 Å². The van der Waals surface area contributed by atoms with Crippen molar-refractivity contribution in [3.05, 3.63) is 29.3 Å². The van der Waals surface area contributed by atoms with Crippen LogP contribution in [0.3, 0.4) is 0 Å². The summed E-state index contributed by atoms with van der Waals surface area (Å²) in [4.78, 5) is 25.7. The highest BCUT2D eigenvalue weighted by Gasteiger charge is 2.12. The summed E-state index contributed by atoms with van der Waals surface area (Å²) >= 11 is 6.64. The fourth-order valence-corrected chi connectivity index (χ4v) is 3.09. The zero-order chi connectivity index (χ0) is 17.4. The first-order valence-electron chi connectivity index (χ1n) is 7.33. The lowest BCUT2D eigenvalue weighted by atomic mass is 10.1. The third-order valence-electron chi connectivity index (χ3n) is 3.28. The fourth-order valence-electron chi connectivity index (χ4n) is 1.89. The van der Waals surface area contributed by atoms with Gasteiger partial charge in [0.2, 0.25) is 5.91 Å². The molecule has 1 aromatic carbocycles. The highest BCUT2D eigenvalue weighted by Crippen LogP contribution is 2.18. The van der Waals surface area contributed by atoms with E-state index in [2.05, 4.69) is 10.1 Å². The number of nitrogens with zero attached hydrogens (tertiary/aromatic N) is 1. The minimum atomic E-state index is -0.433. The Kier molecular flexibility index (Phi) is 8.05. The van der Waals surface area contributed by atoms with E-state index in [4.69, 9.17) is 12.2 Å².